The summed E-state index contributed by atoms with van der Waals surface area (Å²) in [5.74, 6) is 0. The van der Waals surface area contributed by atoms with Crippen LogP contribution in [-0.2, 0) is 0 Å². The Balaban J connectivity index is 2.43. The molecule has 3 heteroatoms. The molecule has 0 saturated heterocycles. The minimum Gasteiger partial charge on any atom is -0.323 e. The Morgan fingerprint density at radius 1 is 1.24 bits per heavy atom. The van der Waals surface area contributed by atoms with Crippen LogP contribution in [0.15, 0.2) is 12.1 Å². The Labute approximate surface area is 113 Å². The highest BCUT2D eigenvalue weighted by Crippen LogP contribution is 2.48. The highest BCUT2D eigenvalue weighted by atomic mass is 35.5. The summed E-state index contributed by atoms with van der Waals surface area (Å²) in [6.07, 6.45) is 4.88. The molecule has 2 N–H and O–H groups in total. The fourth-order valence-corrected chi connectivity index (χ4v) is 3.38. The smallest absolute Gasteiger partial charge is 0.0642 e. The molecular weight excluding hydrogens is 253 g/mol. The molecule has 0 radical (unpaired) electrons. The first-order valence-corrected chi connectivity index (χ1v) is 6.91. The van der Waals surface area contributed by atoms with E-state index in [0.29, 0.717) is 10.0 Å². The fourth-order valence-electron chi connectivity index (χ4n) is 2.89. The predicted molar refractivity (Wildman–Crippen MR) is 74.7 cm³/mol. The molecule has 1 fully saturated rings. The van der Waals surface area contributed by atoms with Crippen molar-refractivity contribution in [3.05, 3.63) is 33.3 Å². The fraction of sp³-hybridized carbons (Fsp3) is 0.571. The maximum atomic E-state index is 6.46. The van der Waals surface area contributed by atoms with Crippen LogP contribution in [0.5, 0.6) is 0 Å². The number of aryl methyl sites for hydroxylation is 1. The molecule has 0 spiro atoms. The van der Waals surface area contributed by atoms with Gasteiger partial charge in [0, 0.05) is 6.04 Å². The number of hydrogen-bond donors (Lipinski definition) is 1. The van der Waals surface area contributed by atoms with E-state index in [9.17, 15) is 0 Å². The molecule has 94 valence electrons. The van der Waals surface area contributed by atoms with E-state index in [1.807, 2.05) is 12.1 Å². The van der Waals surface area contributed by atoms with Crippen molar-refractivity contribution < 1.29 is 0 Å². The van der Waals surface area contributed by atoms with Gasteiger partial charge < -0.3 is 5.73 Å². The van der Waals surface area contributed by atoms with Gasteiger partial charge in [-0.2, -0.15) is 0 Å². The van der Waals surface area contributed by atoms with Gasteiger partial charge in [0.25, 0.3) is 0 Å². The van der Waals surface area contributed by atoms with E-state index in [4.69, 9.17) is 28.9 Å². The standard InChI is InChI=1S/C14H19Cl2N/c1-9-5-6-10(15)12(16)11(9)13(17)14(2)7-3-4-8-14/h5-6,13H,3-4,7-8,17H2,1-2H3. The van der Waals surface area contributed by atoms with E-state index in [2.05, 4.69) is 13.8 Å². The maximum Gasteiger partial charge on any atom is 0.0642 e. The Hall–Kier alpha value is -0.240. The molecule has 0 bridgehead atoms. The lowest BCUT2D eigenvalue weighted by Crippen LogP contribution is -2.30. The van der Waals surface area contributed by atoms with Crippen LogP contribution in [0.2, 0.25) is 10.0 Å². The van der Waals surface area contributed by atoms with Gasteiger partial charge >= 0.3 is 0 Å². The third kappa shape index (κ3) is 2.33. The Kier molecular flexibility index (Phi) is 3.72. The predicted octanol–water partition coefficient (Wildman–Crippen LogP) is 4.88. The van der Waals surface area contributed by atoms with Gasteiger partial charge in [0.2, 0.25) is 0 Å². The zero-order chi connectivity index (χ0) is 12.6. The summed E-state index contributed by atoms with van der Waals surface area (Å²) in [5.41, 5.74) is 8.80. The lowest BCUT2D eigenvalue weighted by Gasteiger charge is -2.33. The van der Waals surface area contributed by atoms with Crippen molar-refractivity contribution in [1.82, 2.24) is 0 Å². The summed E-state index contributed by atoms with van der Waals surface area (Å²) < 4.78 is 0. The van der Waals surface area contributed by atoms with Gasteiger partial charge in [-0.1, -0.05) is 49.0 Å². The summed E-state index contributed by atoms with van der Waals surface area (Å²) in [4.78, 5) is 0. The minimum absolute atomic E-state index is 0.0174. The van der Waals surface area contributed by atoms with Gasteiger partial charge in [0.05, 0.1) is 10.0 Å². The van der Waals surface area contributed by atoms with Crippen LogP contribution < -0.4 is 5.73 Å². The van der Waals surface area contributed by atoms with Gasteiger partial charge in [-0.15, -0.1) is 0 Å². The minimum atomic E-state index is -0.0174. The molecule has 0 heterocycles. The number of nitrogens with two attached hydrogens (primary N) is 1. The van der Waals surface area contributed by atoms with Crippen molar-refractivity contribution >= 4 is 23.2 Å². The van der Waals surface area contributed by atoms with Gasteiger partial charge in [-0.3, -0.25) is 0 Å². The van der Waals surface area contributed by atoms with Crippen molar-refractivity contribution in [3.63, 3.8) is 0 Å². The third-order valence-electron chi connectivity index (χ3n) is 4.16. The van der Waals surface area contributed by atoms with E-state index in [1.54, 1.807) is 0 Å². The monoisotopic (exact) mass is 271 g/mol. The van der Waals surface area contributed by atoms with Crippen LogP contribution in [0.3, 0.4) is 0 Å². The first kappa shape index (κ1) is 13.2. The Morgan fingerprint density at radius 2 is 1.82 bits per heavy atom. The molecule has 0 aliphatic heterocycles. The summed E-state index contributed by atoms with van der Waals surface area (Å²) in [7, 11) is 0. The molecule has 1 unspecified atom stereocenters. The topological polar surface area (TPSA) is 26.0 Å². The second-order valence-electron chi connectivity index (χ2n) is 5.43. The first-order chi connectivity index (χ1) is 7.96. The van der Waals surface area contributed by atoms with Gasteiger partial charge in [0.1, 0.15) is 0 Å². The lowest BCUT2D eigenvalue weighted by molar-refractivity contribution is 0.265. The largest absolute Gasteiger partial charge is 0.323 e. The molecule has 0 aromatic heterocycles. The van der Waals surface area contributed by atoms with E-state index < -0.39 is 0 Å². The van der Waals surface area contributed by atoms with E-state index in [1.165, 1.54) is 25.7 Å². The Bertz CT molecular complexity index is 422. The zero-order valence-corrected chi connectivity index (χ0v) is 11.9. The van der Waals surface area contributed by atoms with Gasteiger partial charge in [0.15, 0.2) is 0 Å². The second kappa shape index (κ2) is 4.79. The number of halogens is 2. The second-order valence-corrected chi connectivity index (χ2v) is 6.22. The molecule has 17 heavy (non-hydrogen) atoms. The van der Waals surface area contributed by atoms with Crippen LogP contribution in [0.4, 0.5) is 0 Å². The summed E-state index contributed by atoms with van der Waals surface area (Å²) >= 11 is 12.4. The normalized spacial score (nSPS) is 20.5. The maximum absolute atomic E-state index is 6.46. The van der Waals surface area contributed by atoms with Crippen LogP contribution >= 0.6 is 23.2 Å². The summed E-state index contributed by atoms with van der Waals surface area (Å²) in [6, 6.07) is 3.82. The first-order valence-electron chi connectivity index (χ1n) is 6.16. The van der Waals surface area contributed by atoms with E-state index >= 15 is 0 Å². The number of rotatable bonds is 2. The van der Waals surface area contributed by atoms with E-state index in [-0.39, 0.29) is 11.5 Å². The highest BCUT2D eigenvalue weighted by Gasteiger charge is 2.37. The highest BCUT2D eigenvalue weighted by molar-refractivity contribution is 6.42. The quantitative estimate of drug-likeness (QED) is 0.815. The molecule has 1 aliphatic carbocycles. The summed E-state index contributed by atoms with van der Waals surface area (Å²) in [6.45, 7) is 4.32. The van der Waals surface area contributed by atoms with Crippen LogP contribution in [0.1, 0.15) is 49.8 Å². The molecule has 1 aliphatic rings. The molecule has 1 aromatic carbocycles. The van der Waals surface area contributed by atoms with Crippen molar-refractivity contribution in [1.29, 1.82) is 0 Å². The molecule has 2 rings (SSSR count). The van der Waals surface area contributed by atoms with Crippen LogP contribution in [-0.4, -0.2) is 0 Å². The third-order valence-corrected chi connectivity index (χ3v) is 4.98. The molecule has 1 atom stereocenters. The van der Waals surface area contributed by atoms with Crippen molar-refractivity contribution in [3.8, 4) is 0 Å². The molecule has 1 aromatic rings. The van der Waals surface area contributed by atoms with Crippen LogP contribution in [0.25, 0.3) is 0 Å². The van der Waals surface area contributed by atoms with Gasteiger partial charge in [-0.05, 0) is 42.4 Å². The summed E-state index contributed by atoms with van der Waals surface area (Å²) in [5, 5.41) is 1.23. The van der Waals surface area contributed by atoms with Crippen molar-refractivity contribution in [2.75, 3.05) is 0 Å². The SMILES string of the molecule is Cc1ccc(Cl)c(Cl)c1C(N)C1(C)CCCC1. The van der Waals surface area contributed by atoms with Crippen molar-refractivity contribution in [2.24, 2.45) is 11.1 Å². The lowest BCUT2D eigenvalue weighted by atomic mass is 9.77. The molecule has 1 nitrogen and oxygen atoms in total. The molecular formula is C14H19Cl2N. The number of benzene rings is 1. The Morgan fingerprint density at radius 3 is 2.41 bits per heavy atom. The average molecular weight is 272 g/mol. The van der Waals surface area contributed by atoms with Crippen LogP contribution in [0, 0.1) is 12.3 Å². The zero-order valence-electron chi connectivity index (χ0n) is 10.4. The molecule has 0 amide bonds. The number of hydrogen-bond acceptors (Lipinski definition) is 1. The van der Waals surface area contributed by atoms with E-state index in [0.717, 1.165) is 11.1 Å². The molecule has 1 saturated carbocycles. The average Bonchev–Trinajstić information content (AvgIpc) is 2.72. The van der Waals surface area contributed by atoms with Gasteiger partial charge in [-0.25, -0.2) is 0 Å². The van der Waals surface area contributed by atoms with Crippen molar-refractivity contribution in [2.45, 2.75) is 45.6 Å².